The van der Waals surface area contributed by atoms with Crippen molar-refractivity contribution in [2.45, 2.75) is 118 Å². The van der Waals surface area contributed by atoms with Gasteiger partial charge in [-0.2, -0.15) is 0 Å². The molecule has 0 spiro atoms. The van der Waals surface area contributed by atoms with Crippen molar-refractivity contribution in [3.05, 3.63) is 34.9 Å². The first kappa shape index (κ1) is 31.2. The Morgan fingerprint density at radius 1 is 1.18 bits per heavy atom. The van der Waals surface area contributed by atoms with E-state index in [0.717, 1.165) is 49.7 Å². The summed E-state index contributed by atoms with van der Waals surface area (Å²) in [6.45, 7) is 15.1. The van der Waals surface area contributed by atoms with E-state index in [-0.39, 0.29) is 24.5 Å². The van der Waals surface area contributed by atoms with Gasteiger partial charge in [0.25, 0.3) is 0 Å². The van der Waals surface area contributed by atoms with Gasteiger partial charge in [0.15, 0.2) is 0 Å². The Morgan fingerprint density at radius 3 is 2.54 bits per heavy atom. The highest BCUT2D eigenvalue weighted by atomic mass is 31.2. The van der Waals surface area contributed by atoms with Crippen LogP contribution in [-0.2, 0) is 25.3 Å². The summed E-state index contributed by atoms with van der Waals surface area (Å²) < 4.78 is 37.4. The molecule has 8 nitrogen and oxygen atoms in total. The lowest BCUT2D eigenvalue weighted by molar-refractivity contribution is -0.149. The standard InChI is InChI=1S/C30H46NO7P/c1-9-11-12-13-22-17-25-27(23-16-20(5)14-15-24(23)30(7,8)37-25)26(18-22)38-39(34,29(33)35-10-2)31-21(6)28(32)36-19(3)4/h16-19,21,23-24H,9-15H2,1-8H3,(H,31,34)/t21-,23+,24+,39?/m0/s1. The fraction of sp³-hybridized carbons (Fsp3) is 0.667. The van der Waals surface area contributed by atoms with Crippen LogP contribution in [0.4, 0.5) is 4.79 Å². The Labute approximate surface area is 233 Å². The first-order valence-corrected chi connectivity index (χ1v) is 15.9. The molecule has 1 aliphatic heterocycles. The smallest absolute Gasteiger partial charge is 0.424 e. The number of rotatable bonds is 12. The van der Waals surface area contributed by atoms with E-state index >= 15 is 0 Å². The third kappa shape index (κ3) is 7.46. The normalized spacial score (nSPS) is 21.9. The molecule has 2 aliphatic rings. The molecule has 1 N–H and O–H groups in total. The SMILES string of the molecule is CCCCCc1cc2c(c(OP(=O)(N[C@@H](C)C(=O)OC(C)C)C(=O)OCC)c1)[C@@H]1C=C(C)CC[C@H]1C(C)(C)O2. The van der Waals surface area contributed by atoms with Crippen molar-refractivity contribution in [1.82, 2.24) is 5.09 Å². The molecule has 0 saturated heterocycles. The van der Waals surface area contributed by atoms with Gasteiger partial charge in [0.1, 0.15) is 23.1 Å². The zero-order valence-corrected chi connectivity index (χ0v) is 25.7. The van der Waals surface area contributed by atoms with Gasteiger partial charge in [-0.3, -0.25) is 4.79 Å². The molecule has 0 radical (unpaired) electrons. The number of carbonyl (C=O) groups excluding carboxylic acids is 2. The summed E-state index contributed by atoms with van der Waals surface area (Å²) in [7, 11) is -4.38. The molecule has 1 unspecified atom stereocenters. The molecule has 1 aromatic rings. The first-order valence-electron chi connectivity index (χ1n) is 14.3. The molecule has 4 atom stereocenters. The van der Waals surface area contributed by atoms with Crippen LogP contribution in [0.5, 0.6) is 11.5 Å². The fourth-order valence-corrected chi connectivity index (χ4v) is 7.04. The average Bonchev–Trinajstić information content (AvgIpc) is 2.83. The van der Waals surface area contributed by atoms with E-state index in [9.17, 15) is 14.2 Å². The minimum Gasteiger partial charge on any atom is -0.487 e. The van der Waals surface area contributed by atoms with E-state index in [0.29, 0.717) is 11.5 Å². The van der Waals surface area contributed by atoms with Crippen LogP contribution < -0.4 is 14.3 Å². The summed E-state index contributed by atoms with van der Waals surface area (Å²) in [6.07, 6.45) is 7.73. The summed E-state index contributed by atoms with van der Waals surface area (Å²) in [5, 5.41) is 2.64. The second kappa shape index (κ2) is 12.9. The van der Waals surface area contributed by atoms with Crippen LogP contribution >= 0.6 is 7.52 Å². The summed E-state index contributed by atoms with van der Waals surface area (Å²) >= 11 is 0. The van der Waals surface area contributed by atoms with Gasteiger partial charge >= 0.3 is 19.2 Å². The lowest BCUT2D eigenvalue weighted by Gasteiger charge is -2.47. The van der Waals surface area contributed by atoms with Gasteiger partial charge in [0.05, 0.1) is 12.7 Å². The van der Waals surface area contributed by atoms with Gasteiger partial charge < -0.3 is 18.7 Å². The minimum atomic E-state index is -4.38. The molecule has 0 saturated carbocycles. The third-order valence-corrected chi connectivity index (χ3v) is 9.17. The largest absolute Gasteiger partial charge is 0.487 e. The van der Waals surface area contributed by atoms with Crippen molar-refractivity contribution < 1.29 is 32.9 Å². The van der Waals surface area contributed by atoms with E-state index in [2.05, 4.69) is 44.9 Å². The van der Waals surface area contributed by atoms with Crippen LogP contribution in [0.2, 0.25) is 0 Å². The Balaban J connectivity index is 2.12. The van der Waals surface area contributed by atoms with Gasteiger partial charge in [0.2, 0.25) is 0 Å². The zero-order chi connectivity index (χ0) is 29.0. The first-order chi connectivity index (χ1) is 18.3. The molecule has 1 aliphatic carbocycles. The molecule has 0 amide bonds. The second-order valence-electron chi connectivity index (χ2n) is 11.5. The van der Waals surface area contributed by atoms with Crippen molar-refractivity contribution in [2.24, 2.45) is 5.92 Å². The fourth-order valence-electron chi connectivity index (χ4n) is 5.46. The number of aryl methyl sites for hydroxylation is 1. The van der Waals surface area contributed by atoms with Gasteiger partial charge in [-0.15, -0.1) is 0 Å². The Morgan fingerprint density at radius 2 is 1.90 bits per heavy atom. The Hall–Kier alpha value is -2.31. The maximum absolute atomic E-state index is 14.2. The lowest BCUT2D eigenvalue weighted by Crippen LogP contribution is -2.45. The van der Waals surface area contributed by atoms with Crippen LogP contribution in [0, 0.1) is 5.92 Å². The number of ether oxygens (including phenoxy) is 3. The van der Waals surface area contributed by atoms with Gasteiger partial charge in [-0.25, -0.2) is 14.4 Å². The quantitative estimate of drug-likeness (QED) is 0.120. The van der Waals surface area contributed by atoms with E-state index in [1.54, 1.807) is 20.8 Å². The Bertz CT molecular complexity index is 1130. The van der Waals surface area contributed by atoms with Crippen molar-refractivity contribution in [3.8, 4) is 11.5 Å². The molecule has 0 aromatic heterocycles. The zero-order valence-electron chi connectivity index (χ0n) is 24.8. The van der Waals surface area contributed by atoms with E-state index in [1.807, 2.05) is 6.07 Å². The van der Waals surface area contributed by atoms with E-state index in [1.165, 1.54) is 12.5 Å². The van der Waals surface area contributed by atoms with Crippen molar-refractivity contribution in [1.29, 1.82) is 0 Å². The monoisotopic (exact) mass is 563 g/mol. The summed E-state index contributed by atoms with van der Waals surface area (Å²) in [5.41, 5.74) is 1.58. The number of benzene rings is 1. The number of nitrogens with one attached hydrogen (secondary N) is 1. The molecule has 218 valence electrons. The molecule has 1 heterocycles. The summed E-state index contributed by atoms with van der Waals surface area (Å²) in [5.74, 6) is 0.514. The van der Waals surface area contributed by atoms with Crippen LogP contribution in [0.3, 0.4) is 0 Å². The number of hydrogen-bond donors (Lipinski definition) is 1. The minimum absolute atomic E-state index is 0.0117. The highest BCUT2D eigenvalue weighted by Gasteiger charge is 2.47. The van der Waals surface area contributed by atoms with E-state index in [4.69, 9.17) is 18.7 Å². The number of fused-ring (bicyclic) bond motifs is 3. The molecule has 0 bridgehead atoms. The molecular weight excluding hydrogens is 517 g/mol. The third-order valence-electron chi connectivity index (χ3n) is 7.38. The van der Waals surface area contributed by atoms with Crippen molar-refractivity contribution in [2.75, 3.05) is 6.61 Å². The molecular formula is C30H46NO7P. The van der Waals surface area contributed by atoms with Crippen molar-refractivity contribution in [3.63, 3.8) is 0 Å². The second-order valence-corrected chi connectivity index (χ2v) is 13.4. The number of hydrogen-bond acceptors (Lipinski definition) is 7. The highest BCUT2D eigenvalue weighted by Crippen LogP contribution is 2.56. The maximum atomic E-state index is 14.2. The average molecular weight is 564 g/mol. The summed E-state index contributed by atoms with van der Waals surface area (Å²) in [4.78, 5) is 25.6. The van der Waals surface area contributed by atoms with Gasteiger partial charge in [-0.1, -0.05) is 31.4 Å². The van der Waals surface area contributed by atoms with Crippen LogP contribution in [0.15, 0.2) is 23.8 Å². The molecule has 39 heavy (non-hydrogen) atoms. The predicted octanol–water partition coefficient (Wildman–Crippen LogP) is 7.69. The van der Waals surface area contributed by atoms with Crippen molar-refractivity contribution >= 4 is 19.2 Å². The Kier molecular flexibility index (Phi) is 10.3. The number of allylic oxidation sites excluding steroid dienone is 2. The number of esters is 1. The predicted molar refractivity (Wildman–Crippen MR) is 153 cm³/mol. The molecule has 9 heteroatoms. The lowest BCUT2D eigenvalue weighted by atomic mass is 9.68. The van der Waals surface area contributed by atoms with E-state index < -0.39 is 30.8 Å². The molecule has 0 fully saturated rings. The topological polar surface area (TPSA) is 100 Å². The summed E-state index contributed by atoms with van der Waals surface area (Å²) in [6, 6.07) is 2.86. The molecule has 3 rings (SSSR count). The van der Waals surface area contributed by atoms with Crippen LogP contribution in [0.1, 0.15) is 105 Å². The van der Waals surface area contributed by atoms with Gasteiger partial charge in [-0.05, 0) is 91.8 Å². The van der Waals surface area contributed by atoms with Gasteiger partial charge in [0, 0.05) is 17.4 Å². The van der Waals surface area contributed by atoms with Crippen LogP contribution in [0.25, 0.3) is 0 Å². The maximum Gasteiger partial charge on any atom is 0.424 e. The number of unbranched alkanes of at least 4 members (excludes halogenated alkanes) is 2. The highest BCUT2D eigenvalue weighted by molar-refractivity contribution is 7.74. The van der Waals surface area contributed by atoms with Crippen LogP contribution in [-0.4, -0.2) is 36.0 Å². The molecule has 1 aromatic carbocycles. The number of carbonyl (C=O) groups is 2.